The van der Waals surface area contributed by atoms with E-state index < -0.39 is 11.8 Å². The fourth-order valence-corrected chi connectivity index (χ4v) is 1.93. The number of benzene rings is 1. The van der Waals surface area contributed by atoms with Gasteiger partial charge in [0.15, 0.2) is 5.76 Å². The lowest BCUT2D eigenvalue weighted by Gasteiger charge is -2.05. The largest absolute Gasteiger partial charge is 0.478 e. The van der Waals surface area contributed by atoms with Crippen LogP contribution in [0, 0.1) is 5.82 Å². The minimum absolute atomic E-state index is 0.0661. The number of halogens is 1. The van der Waals surface area contributed by atoms with E-state index in [1.807, 2.05) is 0 Å². The Balaban J connectivity index is 2.34. The number of carboxylic acid groups (broad SMARTS) is 1. The van der Waals surface area contributed by atoms with E-state index in [9.17, 15) is 14.3 Å². The lowest BCUT2D eigenvalue weighted by atomic mass is 10.1. The fraction of sp³-hybridized carbons (Fsp3) is 0. The van der Waals surface area contributed by atoms with Crippen LogP contribution in [-0.2, 0) is 0 Å². The molecule has 19 heavy (non-hydrogen) atoms. The van der Waals surface area contributed by atoms with Crippen LogP contribution in [0.25, 0.3) is 22.4 Å². The summed E-state index contributed by atoms with van der Waals surface area (Å²) in [4.78, 5) is 15.5. The third-order valence-corrected chi connectivity index (χ3v) is 2.78. The number of aromatic nitrogens is 1. The quantitative estimate of drug-likeness (QED) is 0.764. The summed E-state index contributed by atoms with van der Waals surface area (Å²) in [7, 11) is 0. The van der Waals surface area contributed by atoms with E-state index in [-0.39, 0.29) is 11.1 Å². The van der Waals surface area contributed by atoms with Crippen molar-refractivity contribution < 1.29 is 18.7 Å². The molecule has 2 heterocycles. The Kier molecular flexibility index (Phi) is 2.52. The highest BCUT2D eigenvalue weighted by Gasteiger charge is 2.14. The summed E-state index contributed by atoms with van der Waals surface area (Å²) in [6.45, 7) is 0. The number of hydrogen-bond donors (Lipinski definition) is 1. The summed E-state index contributed by atoms with van der Waals surface area (Å²) in [5, 5.41) is 9.61. The maximum Gasteiger partial charge on any atom is 0.336 e. The van der Waals surface area contributed by atoms with Crippen molar-refractivity contribution in [3.8, 4) is 11.5 Å². The molecule has 3 rings (SSSR count). The highest BCUT2D eigenvalue weighted by atomic mass is 19.1. The van der Waals surface area contributed by atoms with Crippen molar-refractivity contribution in [3.05, 3.63) is 54.0 Å². The Labute approximate surface area is 107 Å². The van der Waals surface area contributed by atoms with Gasteiger partial charge in [0.1, 0.15) is 11.5 Å². The molecule has 1 aromatic carbocycles. The van der Waals surface area contributed by atoms with Gasteiger partial charge in [-0.15, -0.1) is 0 Å². The topological polar surface area (TPSA) is 63.3 Å². The lowest BCUT2D eigenvalue weighted by molar-refractivity contribution is 0.0699. The third-order valence-electron chi connectivity index (χ3n) is 2.78. The molecule has 0 amide bonds. The van der Waals surface area contributed by atoms with Crippen molar-refractivity contribution in [2.75, 3.05) is 0 Å². The van der Waals surface area contributed by atoms with Gasteiger partial charge in [-0.2, -0.15) is 0 Å². The average molecular weight is 257 g/mol. The number of hydrogen-bond acceptors (Lipinski definition) is 3. The Morgan fingerprint density at radius 3 is 2.79 bits per heavy atom. The van der Waals surface area contributed by atoms with Crippen LogP contribution in [0.15, 0.2) is 47.1 Å². The van der Waals surface area contributed by atoms with Crippen molar-refractivity contribution in [2.24, 2.45) is 0 Å². The van der Waals surface area contributed by atoms with E-state index >= 15 is 0 Å². The molecule has 0 aliphatic rings. The first-order valence-electron chi connectivity index (χ1n) is 5.52. The molecular weight excluding hydrogens is 249 g/mol. The smallest absolute Gasteiger partial charge is 0.336 e. The lowest BCUT2D eigenvalue weighted by Crippen LogP contribution is -2.00. The van der Waals surface area contributed by atoms with Crippen LogP contribution in [-0.4, -0.2) is 16.1 Å². The first-order valence-corrected chi connectivity index (χ1v) is 5.52. The van der Waals surface area contributed by atoms with Gasteiger partial charge in [0.05, 0.1) is 17.3 Å². The number of pyridine rings is 1. The number of nitrogens with zero attached hydrogens (tertiary/aromatic N) is 1. The van der Waals surface area contributed by atoms with Crippen molar-refractivity contribution in [1.82, 2.24) is 4.98 Å². The maximum absolute atomic E-state index is 13.2. The van der Waals surface area contributed by atoms with Crippen molar-refractivity contribution in [2.45, 2.75) is 0 Å². The molecule has 0 bridgehead atoms. The maximum atomic E-state index is 13.2. The molecule has 0 saturated carbocycles. The summed E-state index contributed by atoms with van der Waals surface area (Å²) in [6, 6.07) is 8.58. The van der Waals surface area contributed by atoms with Gasteiger partial charge in [-0.1, -0.05) is 0 Å². The molecule has 0 radical (unpaired) electrons. The van der Waals surface area contributed by atoms with Gasteiger partial charge in [-0.05, 0) is 30.3 Å². The summed E-state index contributed by atoms with van der Waals surface area (Å²) < 4.78 is 18.4. The standard InChI is InChI=1S/C14H8FNO3/c15-8-3-4-9-10(14(17)18)7-12(16-11(9)6-8)13-2-1-5-19-13/h1-7H,(H,17,18). The van der Waals surface area contributed by atoms with Gasteiger partial charge in [-0.3, -0.25) is 0 Å². The minimum atomic E-state index is -1.09. The van der Waals surface area contributed by atoms with Gasteiger partial charge in [0.2, 0.25) is 0 Å². The Bertz CT molecular complexity index is 766. The zero-order chi connectivity index (χ0) is 13.4. The van der Waals surface area contributed by atoms with Crippen LogP contribution in [0.4, 0.5) is 4.39 Å². The van der Waals surface area contributed by atoms with Crippen LogP contribution < -0.4 is 0 Å². The van der Waals surface area contributed by atoms with Crippen molar-refractivity contribution in [3.63, 3.8) is 0 Å². The highest BCUT2D eigenvalue weighted by molar-refractivity contribution is 6.03. The third kappa shape index (κ3) is 1.95. The molecule has 1 N–H and O–H groups in total. The van der Waals surface area contributed by atoms with Gasteiger partial charge in [0, 0.05) is 11.5 Å². The Hall–Kier alpha value is -2.69. The van der Waals surface area contributed by atoms with Gasteiger partial charge in [0.25, 0.3) is 0 Å². The van der Waals surface area contributed by atoms with Gasteiger partial charge in [-0.25, -0.2) is 14.2 Å². The van der Waals surface area contributed by atoms with Crippen LogP contribution in [0.2, 0.25) is 0 Å². The number of furan rings is 1. The van der Waals surface area contributed by atoms with Gasteiger partial charge >= 0.3 is 5.97 Å². The summed E-state index contributed by atoms with van der Waals surface area (Å²) >= 11 is 0. The molecule has 3 aromatic rings. The van der Waals surface area contributed by atoms with E-state index in [2.05, 4.69) is 4.98 Å². The molecule has 4 nitrogen and oxygen atoms in total. The second-order valence-electron chi connectivity index (χ2n) is 4.00. The van der Waals surface area contributed by atoms with E-state index in [1.165, 1.54) is 30.5 Å². The molecule has 0 atom stereocenters. The van der Waals surface area contributed by atoms with Crippen LogP contribution in [0.1, 0.15) is 10.4 Å². The number of carbonyl (C=O) groups is 1. The summed E-state index contributed by atoms with van der Waals surface area (Å²) in [5.41, 5.74) is 0.711. The zero-order valence-corrected chi connectivity index (χ0v) is 9.63. The van der Waals surface area contributed by atoms with Crippen molar-refractivity contribution in [1.29, 1.82) is 0 Å². The number of fused-ring (bicyclic) bond motifs is 1. The first kappa shape index (κ1) is 11.4. The predicted octanol–water partition coefficient (Wildman–Crippen LogP) is 3.33. The molecule has 0 aliphatic carbocycles. The van der Waals surface area contributed by atoms with Gasteiger partial charge < -0.3 is 9.52 Å². The second kappa shape index (κ2) is 4.20. The van der Waals surface area contributed by atoms with E-state index in [0.717, 1.165) is 0 Å². The minimum Gasteiger partial charge on any atom is -0.478 e. The van der Waals surface area contributed by atoms with Crippen LogP contribution >= 0.6 is 0 Å². The summed E-state index contributed by atoms with van der Waals surface area (Å²) in [5.74, 6) is -1.12. The molecule has 0 spiro atoms. The fourth-order valence-electron chi connectivity index (χ4n) is 1.93. The summed E-state index contributed by atoms with van der Waals surface area (Å²) in [6.07, 6.45) is 1.47. The SMILES string of the molecule is O=C(O)c1cc(-c2ccco2)nc2cc(F)ccc12. The molecule has 94 valence electrons. The van der Waals surface area contributed by atoms with Crippen LogP contribution in [0.3, 0.4) is 0 Å². The highest BCUT2D eigenvalue weighted by Crippen LogP contribution is 2.25. The molecule has 5 heteroatoms. The molecule has 0 fully saturated rings. The molecule has 2 aromatic heterocycles. The van der Waals surface area contributed by atoms with Crippen molar-refractivity contribution >= 4 is 16.9 Å². The molecular formula is C14H8FNO3. The predicted molar refractivity (Wildman–Crippen MR) is 66.4 cm³/mol. The zero-order valence-electron chi connectivity index (χ0n) is 9.63. The number of carboxylic acids is 1. The first-order chi connectivity index (χ1) is 9.15. The monoisotopic (exact) mass is 257 g/mol. The molecule has 0 saturated heterocycles. The van der Waals surface area contributed by atoms with E-state index in [0.29, 0.717) is 16.8 Å². The Morgan fingerprint density at radius 1 is 1.26 bits per heavy atom. The molecule has 0 unspecified atom stereocenters. The number of rotatable bonds is 2. The Morgan fingerprint density at radius 2 is 2.11 bits per heavy atom. The number of aromatic carboxylic acids is 1. The average Bonchev–Trinajstić information content (AvgIpc) is 2.90. The van der Waals surface area contributed by atoms with Crippen LogP contribution in [0.5, 0.6) is 0 Å². The van der Waals surface area contributed by atoms with E-state index in [4.69, 9.17) is 4.42 Å². The second-order valence-corrected chi connectivity index (χ2v) is 4.00. The molecule has 0 aliphatic heterocycles. The normalized spacial score (nSPS) is 10.8. The van der Waals surface area contributed by atoms with E-state index in [1.54, 1.807) is 12.1 Å².